The molecule has 0 heterocycles. The SMILES string of the molecule is CN(C)C(=S)SCC(=O)Nc1ccc([N+](=O)[O-])cc1. The summed E-state index contributed by atoms with van der Waals surface area (Å²) in [5, 5.41) is 13.1. The van der Waals surface area contributed by atoms with Gasteiger partial charge < -0.3 is 10.2 Å². The summed E-state index contributed by atoms with van der Waals surface area (Å²) in [5.41, 5.74) is 0.508. The van der Waals surface area contributed by atoms with Crippen molar-refractivity contribution in [1.29, 1.82) is 0 Å². The van der Waals surface area contributed by atoms with Crippen LogP contribution in [0.15, 0.2) is 24.3 Å². The van der Waals surface area contributed by atoms with Crippen molar-refractivity contribution in [1.82, 2.24) is 4.90 Å². The molecule has 0 aliphatic heterocycles. The number of carbonyl (C=O) groups is 1. The fraction of sp³-hybridized carbons (Fsp3) is 0.273. The van der Waals surface area contributed by atoms with Crippen molar-refractivity contribution in [3.63, 3.8) is 0 Å². The molecule has 102 valence electrons. The molecule has 0 bridgehead atoms. The number of carbonyl (C=O) groups excluding carboxylic acids is 1. The van der Waals surface area contributed by atoms with Gasteiger partial charge in [-0.3, -0.25) is 14.9 Å². The fourth-order valence-electron chi connectivity index (χ4n) is 1.12. The Balaban J connectivity index is 2.48. The first kappa shape index (κ1) is 15.4. The second-order valence-corrected chi connectivity index (χ2v) is 5.41. The molecule has 0 fully saturated rings. The first-order valence-electron chi connectivity index (χ1n) is 5.28. The molecular weight excluding hydrogens is 286 g/mol. The summed E-state index contributed by atoms with van der Waals surface area (Å²) in [5.74, 6) is -0.00312. The van der Waals surface area contributed by atoms with Crippen LogP contribution in [0.1, 0.15) is 0 Å². The third-order valence-corrected chi connectivity index (χ3v) is 3.79. The monoisotopic (exact) mass is 299 g/mol. The number of hydrogen-bond donors (Lipinski definition) is 1. The van der Waals surface area contributed by atoms with Crippen LogP contribution in [0.5, 0.6) is 0 Å². The topological polar surface area (TPSA) is 75.5 Å². The average Bonchev–Trinajstić information content (AvgIpc) is 2.36. The third-order valence-electron chi connectivity index (χ3n) is 2.05. The van der Waals surface area contributed by atoms with Gasteiger partial charge in [0.05, 0.1) is 10.7 Å². The maximum absolute atomic E-state index is 11.6. The molecule has 0 spiro atoms. The number of amides is 1. The van der Waals surface area contributed by atoms with Gasteiger partial charge in [0.2, 0.25) is 5.91 Å². The number of benzene rings is 1. The normalized spacial score (nSPS) is 9.79. The van der Waals surface area contributed by atoms with Crippen LogP contribution >= 0.6 is 24.0 Å². The minimum Gasteiger partial charge on any atom is -0.364 e. The molecule has 0 saturated carbocycles. The minimum atomic E-state index is -0.489. The first-order chi connectivity index (χ1) is 8.90. The standard InChI is InChI=1S/C11H13N3O3S2/c1-13(2)11(18)19-7-10(15)12-8-3-5-9(6-4-8)14(16)17/h3-6H,7H2,1-2H3,(H,12,15). The lowest BCUT2D eigenvalue weighted by Crippen LogP contribution is -2.20. The van der Waals surface area contributed by atoms with Crippen molar-refractivity contribution in [3.8, 4) is 0 Å². The molecule has 0 aliphatic rings. The summed E-state index contributed by atoms with van der Waals surface area (Å²) in [6.07, 6.45) is 0. The van der Waals surface area contributed by atoms with E-state index in [-0.39, 0.29) is 17.3 Å². The van der Waals surface area contributed by atoms with Gasteiger partial charge in [-0.25, -0.2) is 0 Å². The Morgan fingerprint density at radius 3 is 2.47 bits per heavy atom. The van der Waals surface area contributed by atoms with Crippen LogP contribution in [-0.4, -0.2) is 39.9 Å². The number of rotatable bonds is 4. The molecule has 1 aromatic carbocycles. The lowest BCUT2D eigenvalue weighted by atomic mass is 10.3. The highest BCUT2D eigenvalue weighted by Gasteiger charge is 2.08. The summed E-state index contributed by atoms with van der Waals surface area (Å²) < 4.78 is 0.624. The molecule has 0 saturated heterocycles. The van der Waals surface area contributed by atoms with Crippen LogP contribution in [0.4, 0.5) is 11.4 Å². The molecule has 0 atom stereocenters. The van der Waals surface area contributed by atoms with Crippen molar-refractivity contribution in [3.05, 3.63) is 34.4 Å². The van der Waals surface area contributed by atoms with Gasteiger partial charge in [-0.1, -0.05) is 24.0 Å². The fourth-order valence-corrected chi connectivity index (χ4v) is 1.88. The van der Waals surface area contributed by atoms with Crippen LogP contribution in [0.25, 0.3) is 0 Å². The molecule has 0 aromatic heterocycles. The van der Waals surface area contributed by atoms with E-state index in [1.165, 1.54) is 36.0 Å². The molecule has 6 nitrogen and oxygen atoms in total. The van der Waals surface area contributed by atoms with Gasteiger partial charge >= 0.3 is 0 Å². The lowest BCUT2D eigenvalue weighted by Gasteiger charge is -2.12. The zero-order valence-corrected chi connectivity index (χ0v) is 12.1. The highest BCUT2D eigenvalue weighted by atomic mass is 32.2. The van der Waals surface area contributed by atoms with Crippen LogP contribution in [0, 0.1) is 10.1 Å². The van der Waals surface area contributed by atoms with Gasteiger partial charge in [0, 0.05) is 31.9 Å². The van der Waals surface area contributed by atoms with E-state index in [2.05, 4.69) is 5.32 Å². The summed E-state index contributed by atoms with van der Waals surface area (Å²) in [7, 11) is 3.62. The summed E-state index contributed by atoms with van der Waals surface area (Å²) in [4.78, 5) is 23.3. The van der Waals surface area contributed by atoms with Crippen LogP contribution in [0.2, 0.25) is 0 Å². The second kappa shape index (κ2) is 7.05. The maximum Gasteiger partial charge on any atom is 0.269 e. The van der Waals surface area contributed by atoms with Gasteiger partial charge in [0.25, 0.3) is 5.69 Å². The van der Waals surface area contributed by atoms with E-state index in [1.54, 1.807) is 4.90 Å². The molecule has 0 unspecified atom stereocenters. The first-order valence-corrected chi connectivity index (χ1v) is 6.68. The van der Waals surface area contributed by atoms with Gasteiger partial charge in [0.15, 0.2) is 0 Å². The van der Waals surface area contributed by atoms with Crippen LogP contribution < -0.4 is 5.32 Å². The highest BCUT2D eigenvalue weighted by Crippen LogP contribution is 2.16. The van der Waals surface area contributed by atoms with Gasteiger partial charge in [-0.05, 0) is 12.1 Å². The highest BCUT2D eigenvalue weighted by molar-refractivity contribution is 8.23. The number of thioether (sulfide) groups is 1. The lowest BCUT2D eigenvalue weighted by molar-refractivity contribution is -0.384. The van der Waals surface area contributed by atoms with Crippen molar-refractivity contribution >= 4 is 45.6 Å². The van der Waals surface area contributed by atoms with E-state index in [4.69, 9.17) is 12.2 Å². The Hall–Kier alpha value is -1.67. The summed E-state index contributed by atoms with van der Waals surface area (Å²) in [6, 6.07) is 5.66. The number of non-ortho nitro benzene ring substituents is 1. The predicted octanol–water partition coefficient (Wildman–Crippen LogP) is 2.11. The summed E-state index contributed by atoms with van der Waals surface area (Å²) in [6.45, 7) is 0. The number of hydrogen-bond acceptors (Lipinski definition) is 5. The van der Waals surface area contributed by atoms with Gasteiger partial charge in [0.1, 0.15) is 4.32 Å². The quantitative estimate of drug-likeness (QED) is 0.521. The number of anilines is 1. The molecular formula is C11H13N3O3S2. The van der Waals surface area contributed by atoms with Crippen LogP contribution in [-0.2, 0) is 4.79 Å². The number of nitro benzene ring substituents is 1. The predicted molar refractivity (Wildman–Crippen MR) is 80.5 cm³/mol. The Labute approximate surface area is 120 Å². The molecule has 1 N–H and O–H groups in total. The van der Waals surface area contributed by atoms with Gasteiger partial charge in [-0.15, -0.1) is 0 Å². The van der Waals surface area contributed by atoms with Crippen molar-refractivity contribution in [2.75, 3.05) is 25.2 Å². The zero-order valence-electron chi connectivity index (χ0n) is 10.5. The van der Waals surface area contributed by atoms with E-state index >= 15 is 0 Å². The smallest absolute Gasteiger partial charge is 0.269 e. The van der Waals surface area contributed by atoms with Crippen molar-refractivity contribution < 1.29 is 9.72 Å². The molecule has 19 heavy (non-hydrogen) atoms. The third kappa shape index (κ3) is 5.23. The van der Waals surface area contributed by atoms with Crippen LogP contribution in [0.3, 0.4) is 0 Å². The van der Waals surface area contributed by atoms with E-state index in [0.717, 1.165) is 0 Å². The molecule has 8 heteroatoms. The molecule has 1 amide bonds. The number of thiocarbonyl (C=S) groups is 1. The Morgan fingerprint density at radius 1 is 1.42 bits per heavy atom. The average molecular weight is 299 g/mol. The maximum atomic E-state index is 11.6. The van der Waals surface area contributed by atoms with Crippen molar-refractivity contribution in [2.45, 2.75) is 0 Å². The number of nitrogens with zero attached hydrogens (tertiary/aromatic N) is 2. The molecule has 0 radical (unpaired) electrons. The zero-order chi connectivity index (χ0) is 14.4. The molecule has 1 rings (SSSR count). The minimum absolute atomic E-state index is 0.0128. The Bertz CT molecular complexity index is 488. The largest absolute Gasteiger partial charge is 0.364 e. The molecule has 0 aliphatic carbocycles. The van der Waals surface area contributed by atoms with E-state index in [0.29, 0.717) is 10.0 Å². The number of nitro groups is 1. The molecule has 1 aromatic rings. The Morgan fingerprint density at radius 2 is 2.00 bits per heavy atom. The summed E-state index contributed by atoms with van der Waals surface area (Å²) >= 11 is 6.30. The van der Waals surface area contributed by atoms with E-state index in [9.17, 15) is 14.9 Å². The second-order valence-electron chi connectivity index (χ2n) is 3.80. The van der Waals surface area contributed by atoms with E-state index < -0.39 is 4.92 Å². The van der Waals surface area contributed by atoms with Gasteiger partial charge in [-0.2, -0.15) is 0 Å². The number of nitrogens with one attached hydrogen (secondary N) is 1. The van der Waals surface area contributed by atoms with Crippen molar-refractivity contribution in [2.24, 2.45) is 0 Å². The Kier molecular flexibility index (Phi) is 5.71. The van der Waals surface area contributed by atoms with E-state index in [1.807, 2.05) is 14.1 Å².